The van der Waals surface area contributed by atoms with Crippen molar-refractivity contribution in [2.75, 3.05) is 0 Å². The van der Waals surface area contributed by atoms with Crippen LogP contribution in [-0.2, 0) is 0 Å². The third-order valence-electron chi connectivity index (χ3n) is 3.94. The Balaban J connectivity index is 2.05. The average molecular weight is 317 g/mol. The summed E-state index contributed by atoms with van der Waals surface area (Å²) in [4.78, 5) is 11.3. The van der Waals surface area contributed by atoms with Crippen molar-refractivity contribution in [1.82, 2.24) is 15.0 Å². The van der Waals surface area contributed by atoms with E-state index in [1.165, 1.54) is 11.1 Å². The fourth-order valence-corrected chi connectivity index (χ4v) is 2.61. The van der Waals surface area contributed by atoms with Gasteiger partial charge < -0.3 is 0 Å². The lowest BCUT2D eigenvalue weighted by atomic mass is 10.1. The number of aldehydes is 1. The Kier molecular flexibility index (Phi) is 4.38. The monoisotopic (exact) mass is 317 g/mol. The molecule has 24 heavy (non-hydrogen) atoms. The summed E-state index contributed by atoms with van der Waals surface area (Å²) in [5.41, 5.74) is 6.47. The summed E-state index contributed by atoms with van der Waals surface area (Å²) >= 11 is 0. The van der Waals surface area contributed by atoms with Crippen LogP contribution >= 0.6 is 0 Å². The lowest BCUT2D eigenvalue weighted by molar-refractivity contribution is 0.111. The Hall–Kier alpha value is -3.01. The standard InChI is InChI=1S/C20H19N3O/c1-14-4-7-17(8-5-14)9-11-20-18(13-24)21-22-23(20)19-10-6-15(2)12-16(19)3/h4-13H,1-3H3/b11-9+. The van der Waals surface area contributed by atoms with Gasteiger partial charge in [0.2, 0.25) is 0 Å². The molecule has 1 heterocycles. The zero-order valence-corrected chi connectivity index (χ0v) is 14.0. The van der Waals surface area contributed by atoms with Crippen LogP contribution in [0.25, 0.3) is 17.8 Å². The van der Waals surface area contributed by atoms with Crippen LogP contribution in [0.15, 0.2) is 42.5 Å². The van der Waals surface area contributed by atoms with Crippen LogP contribution in [0.2, 0.25) is 0 Å². The van der Waals surface area contributed by atoms with Crippen LogP contribution < -0.4 is 0 Å². The number of nitrogens with zero attached hydrogens (tertiary/aromatic N) is 3. The van der Waals surface area contributed by atoms with Crippen LogP contribution in [0.3, 0.4) is 0 Å². The van der Waals surface area contributed by atoms with Crippen molar-refractivity contribution >= 4 is 18.4 Å². The van der Waals surface area contributed by atoms with E-state index in [2.05, 4.69) is 35.4 Å². The van der Waals surface area contributed by atoms with Gasteiger partial charge in [-0.3, -0.25) is 4.79 Å². The van der Waals surface area contributed by atoms with E-state index in [-0.39, 0.29) is 0 Å². The van der Waals surface area contributed by atoms with Gasteiger partial charge in [-0.15, -0.1) is 5.10 Å². The van der Waals surface area contributed by atoms with Crippen LogP contribution in [0, 0.1) is 20.8 Å². The third-order valence-corrected chi connectivity index (χ3v) is 3.94. The molecule has 0 amide bonds. The lowest BCUT2D eigenvalue weighted by Gasteiger charge is -2.08. The Morgan fingerprint density at radius 2 is 1.62 bits per heavy atom. The molecule has 0 saturated heterocycles. The highest BCUT2D eigenvalue weighted by Gasteiger charge is 2.12. The van der Waals surface area contributed by atoms with Crippen LogP contribution in [0.5, 0.6) is 0 Å². The third kappa shape index (κ3) is 3.18. The Labute approximate surface area is 141 Å². The molecule has 3 aromatic rings. The van der Waals surface area contributed by atoms with Crippen molar-refractivity contribution in [1.29, 1.82) is 0 Å². The zero-order valence-electron chi connectivity index (χ0n) is 14.0. The fourth-order valence-electron chi connectivity index (χ4n) is 2.61. The molecule has 0 atom stereocenters. The molecule has 0 spiro atoms. The van der Waals surface area contributed by atoms with Gasteiger partial charge in [-0.2, -0.15) is 0 Å². The van der Waals surface area contributed by atoms with E-state index in [1.54, 1.807) is 4.68 Å². The second-order valence-electron chi connectivity index (χ2n) is 5.92. The highest BCUT2D eigenvalue weighted by Crippen LogP contribution is 2.19. The average Bonchev–Trinajstić information content (AvgIpc) is 2.97. The minimum absolute atomic E-state index is 0.332. The molecule has 0 aliphatic rings. The number of benzene rings is 2. The fraction of sp³-hybridized carbons (Fsp3) is 0.150. The Morgan fingerprint density at radius 3 is 2.29 bits per heavy atom. The first-order valence-corrected chi connectivity index (χ1v) is 7.82. The molecule has 4 heteroatoms. The number of carbonyl (C=O) groups excluding carboxylic acids is 1. The predicted octanol–water partition coefficient (Wildman–Crippen LogP) is 4.18. The molecule has 0 N–H and O–H groups in total. The van der Waals surface area contributed by atoms with E-state index >= 15 is 0 Å². The summed E-state index contributed by atoms with van der Waals surface area (Å²) in [5.74, 6) is 0. The van der Waals surface area contributed by atoms with Crippen molar-refractivity contribution in [2.24, 2.45) is 0 Å². The van der Waals surface area contributed by atoms with Crippen molar-refractivity contribution in [2.45, 2.75) is 20.8 Å². The van der Waals surface area contributed by atoms with Crippen molar-refractivity contribution in [3.8, 4) is 5.69 Å². The number of aryl methyl sites for hydroxylation is 3. The summed E-state index contributed by atoms with van der Waals surface area (Å²) in [6.45, 7) is 6.13. The predicted molar refractivity (Wildman–Crippen MR) is 96.3 cm³/mol. The number of rotatable bonds is 4. The van der Waals surface area contributed by atoms with Gasteiger partial charge in [0.05, 0.1) is 11.4 Å². The van der Waals surface area contributed by atoms with Gasteiger partial charge in [0.15, 0.2) is 12.0 Å². The smallest absolute Gasteiger partial charge is 0.172 e. The van der Waals surface area contributed by atoms with E-state index in [1.807, 2.05) is 50.3 Å². The maximum atomic E-state index is 11.3. The SMILES string of the molecule is Cc1ccc(/C=C/c2c(C=O)nnn2-c2ccc(C)cc2C)cc1. The molecule has 4 nitrogen and oxygen atoms in total. The summed E-state index contributed by atoms with van der Waals surface area (Å²) in [6.07, 6.45) is 4.58. The minimum atomic E-state index is 0.332. The molecule has 3 rings (SSSR count). The minimum Gasteiger partial charge on any atom is -0.296 e. The molecule has 120 valence electrons. The molecule has 0 aliphatic carbocycles. The van der Waals surface area contributed by atoms with E-state index in [9.17, 15) is 4.79 Å². The molecule has 0 fully saturated rings. The summed E-state index contributed by atoms with van der Waals surface area (Å²) in [7, 11) is 0. The van der Waals surface area contributed by atoms with E-state index < -0.39 is 0 Å². The first-order chi connectivity index (χ1) is 11.6. The molecule has 0 unspecified atom stereocenters. The first kappa shape index (κ1) is 15.9. The quantitative estimate of drug-likeness (QED) is 0.678. The second-order valence-corrected chi connectivity index (χ2v) is 5.92. The number of hydrogen-bond acceptors (Lipinski definition) is 3. The van der Waals surface area contributed by atoms with Gasteiger partial charge >= 0.3 is 0 Å². The maximum Gasteiger partial charge on any atom is 0.172 e. The van der Waals surface area contributed by atoms with Gasteiger partial charge in [-0.1, -0.05) is 58.8 Å². The highest BCUT2D eigenvalue weighted by atomic mass is 16.1. The number of hydrogen-bond donors (Lipinski definition) is 0. The molecule has 0 radical (unpaired) electrons. The molecular formula is C20H19N3O. The van der Waals surface area contributed by atoms with Crippen molar-refractivity contribution < 1.29 is 4.79 Å². The molecular weight excluding hydrogens is 298 g/mol. The van der Waals surface area contributed by atoms with Crippen molar-refractivity contribution in [3.05, 3.63) is 76.1 Å². The first-order valence-electron chi connectivity index (χ1n) is 7.82. The van der Waals surface area contributed by atoms with E-state index in [4.69, 9.17) is 0 Å². The summed E-state index contributed by atoms with van der Waals surface area (Å²) in [5, 5.41) is 8.15. The van der Waals surface area contributed by atoms with Gasteiger partial charge in [0, 0.05) is 0 Å². The van der Waals surface area contributed by atoms with E-state index in [0.717, 1.165) is 23.1 Å². The normalized spacial score (nSPS) is 11.1. The largest absolute Gasteiger partial charge is 0.296 e. The summed E-state index contributed by atoms with van der Waals surface area (Å²) < 4.78 is 1.71. The van der Waals surface area contributed by atoms with Gasteiger partial charge in [-0.25, -0.2) is 4.68 Å². The topological polar surface area (TPSA) is 47.8 Å². The molecule has 0 aliphatic heterocycles. The molecule has 1 aromatic heterocycles. The van der Waals surface area contributed by atoms with Crippen LogP contribution in [-0.4, -0.2) is 21.3 Å². The lowest BCUT2D eigenvalue weighted by Crippen LogP contribution is -2.02. The molecule has 0 bridgehead atoms. The Bertz CT molecular complexity index is 905. The second kappa shape index (κ2) is 6.62. The van der Waals surface area contributed by atoms with Crippen molar-refractivity contribution in [3.63, 3.8) is 0 Å². The number of carbonyl (C=O) groups is 1. The summed E-state index contributed by atoms with van der Waals surface area (Å²) in [6, 6.07) is 14.3. The van der Waals surface area contributed by atoms with Crippen LogP contribution in [0.1, 0.15) is 38.4 Å². The van der Waals surface area contributed by atoms with Gasteiger partial charge in [0.25, 0.3) is 0 Å². The van der Waals surface area contributed by atoms with Gasteiger partial charge in [-0.05, 0) is 44.0 Å². The Morgan fingerprint density at radius 1 is 0.917 bits per heavy atom. The van der Waals surface area contributed by atoms with E-state index in [0.29, 0.717) is 11.4 Å². The molecule has 2 aromatic carbocycles. The van der Waals surface area contributed by atoms with Gasteiger partial charge in [0.1, 0.15) is 0 Å². The zero-order chi connectivity index (χ0) is 17.1. The maximum absolute atomic E-state index is 11.3. The number of aromatic nitrogens is 3. The highest BCUT2D eigenvalue weighted by molar-refractivity contribution is 5.82. The van der Waals surface area contributed by atoms with Crippen LogP contribution in [0.4, 0.5) is 0 Å². The molecule has 0 saturated carbocycles.